The molecule has 0 aromatic heterocycles. The average molecular weight is 247 g/mol. The lowest BCUT2D eigenvalue weighted by Crippen LogP contribution is -2.27. The summed E-state index contributed by atoms with van der Waals surface area (Å²) in [6.07, 6.45) is 1.05. The Bertz CT molecular complexity index is 413. The van der Waals surface area contributed by atoms with E-state index in [-0.39, 0.29) is 11.8 Å². The molecule has 0 heterocycles. The normalized spacial score (nSPS) is 21.5. The molecule has 2 atom stereocenters. The molecule has 1 amide bonds. The van der Waals surface area contributed by atoms with Gasteiger partial charge in [0.2, 0.25) is 5.91 Å². The Hall–Kier alpha value is -1.51. The Balaban J connectivity index is 1.90. The van der Waals surface area contributed by atoms with Crippen LogP contribution >= 0.6 is 0 Å². The second-order valence-corrected chi connectivity index (χ2v) is 5.09. The highest BCUT2D eigenvalue weighted by molar-refractivity contribution is 5.81. The molecule has 1 fully saturated rings. The Morgan fingerprint density at radius 3 is 2.50 bits per heavy atom. The van der Waals surface area contributed by atoms with E-state index in [1.165, 1.54) is 0 Å². The van der Waals surface area contributed by atoms with E-state index in [9.17, 15) is 4.79 Å². The Morgan fingerprint density at radius 2 is 2.00 bits per heavy atom. The van der Waals surface area contributed by atoms with Crippen LogP contribution in [-0.2, 0) is 11.3 Å². The minimum atomic E-state index is 0.262. The van der Waals surface area contributed by atoms with Crippen LogP contribution in [-0.4, -0.2) is 24.5 Å². The van der Waals surface area contributed by atoms with Gasteiger partial charge in [-0.25, -0.2) is 0 Å². The molecule has 3 nitrogen and oxygen atoms in total. The number of benzene rings is 1. The van der Waals surface area contributed by atoms with E-state index >= 15 is 0 Å². The van der Waals surface area contributed by atoms with Gasteiger partial charge < -0.3 is 9.64 Å². The highest BCUT2D eigenvalue weighted by atomic mass is 16.5. The molecule has 98 valence electrons. The van der Waals surface area contributed by atoms with Crippen LogP contribution in [0.25, 0.3) is 0 Å². The third kappa shape index (κ3) is 3.03. The molecule has 1 aliphatic rings. The molecule has 0 radical (unpaired) electrons. The molecule has 18 heavy (non-hydrogen) atoms. The van der Waals surface area contributed by atoms with Gasteiger partial charge >= 0.3 is 0 Å². The molecule has 0 aliphatic heterocycles. The van der Waals surface area contributed by atoms with E-state index in [0.717, 1.165) is 17.7 Å². The molecule has 0 bridgehead atoms. The van der Waals surface area contributed by atoms with Gasteiger partial charge in [-0.2, -0.15) is 0 Å². The predicted octanol–water partition coefficient (Wildman–Crippen LogP) is 2.70. The van der Waals surface area contributed by atoms with Crippen molar-refractivity contribution in [2.45, 2.75) is 26.8 Å². The molecule has 0 N–H and O–H groups in total. The van der Waals surface area contributed by atoms with Crippen LogP contribution in [0.4, 0.5) is 0 Å². The van der Waals surface area contributed by atoms with Crippen molar-refractivity contribution in [2.75, 3.05) is 13.7 Å². The SMILES string of the molecule is CCOc1ccc(CN(C)C(=O)C2CC2C)cc1. The second-order valence-electron chi connectivity index (χ2n) is 5.09. The van der Waals surface area contributed by atoms with Crippen molar-refractivity contribution in [3.05, 3.63) is 29.8 Å². The fraction of sp³-hybridized carbons (Fsp3) is 0.533. The van der Waals surface area contributed by atoms with E-state index in [2.05, 4.69) is 6.92 Å². The maximum atomic E-state index is 12.0. The molecule has 1 aromatic carbocycles. The zero-order valence-electron chi connectivity index (χ0n) is 11.3. The van der Waals surface area contributed by atoms with Gasteiger partial charge in [0.05, 0.1) is 6.61 Å². The molecule has 3 heteroatoms. The summed E-state index contributed by atoms with van der Waals surface area (Å²) in [6.45, 7) is 5.45. The smallest absolute Gasteiger partial charge is 0.226 e. The minimum Gasteiger partial charge on any atom is -0.494 e. The fourth-order valence-electron chi connectivity index (χ4n) is 2.16. The zero-order valence-corrected chi connectivity index (χ0v) is 11.3. The van der Waals surface area contributed by atoms with Crippen LogP contribution in [0.15, 0.2) is 24.3 Å². The second kappa shape index (κ2) is 5.42. The maximum absolute atomic E-state index is 12.0. The highest BCUT2D eigenvalue weighted by Gasteiger charge is 2.40. The first-order valence-electron chi connectivity index (χ1n) is 6.58. The van der Waals surface area contributed by atoms with Gasteiger partial charge in [-0.05, 0) is 37.0 Å². The summed E-state index contributed by atoms with van der Waals surface area (Å²) >= 11 is 0. The first-order chi connectivity index (χ1) is 8.61. The summed E-state index contributed by atoms with van der Waals surface area (Å²) in [5, 5.41) is 0. The minimum absolute atomic E-state index is 0.262. The van der Waals surface area contributed by atoms with Gasteiger partial charge in [0, 0.05) is 19.5 Å². The van der Waals surface area contributed by atoms with Crippen molar-refractivity contribution >= 4 is 5.91 Å². The highest BCUT2D eigenvalue weighted by Crippen LogP contribution is 2.39. The van der Waals surface area contributed by atoms with Gasteiger partial charge in [0.25, 0.3) is 0 Å². The Kier molecular flexibility index (Phi) is 3.90. The van der Waals surface area contributed by atoms with Gasteiger partial charge in [-0.3, -0.25) is 4.79 Å². The monoisotopic (exact) mass is 247 g/mol. The molecule has 1 aliphatic carbocycles. The van der Waals surface area contributed by atoms with Crippen molar-refractivity contribution in [3.63, 3.8) is 0 Å². The lowest BCUT2D eigenvalue weighted by atomic mass is 10.2. The summed E-state index contributed by atoms with van der Waals surface area (Å²) in [6, 6.07) is 7.95. The van der Waals surface area contributed by atoms with Gasteiger partial charge in [-0.15, -0.1) is 0 Å². The van der Waals surface area contributed by atoms with Gasteiger partial charge in [0.15, 0.2) is 0 Å². The molecule has 2 rings (SSSR count). The predicted molar refractivity (Wildman–Crippen MR) is 71.4 cm³/mol. The number of carbonyl (C=O) groups excluding carboxylic acids is 1. The van der Waals surface area contributed by atoms with Crippen molar-refractivity contribution in [3.8, 4) is 5.75 Å². The summed E-state index contributed by atoms with van der Waals surface area (Å²) in [5.74, 6) is 1.99. The first kappa shape index (κ1) is 12.9. The standard InChI is InChI=1S/C15H21NO2/c1-4-18-13-7-5-12(6-8-13)10-16(3)15(17)14-9-11(14)2/h5-8,11,14H,4,9-10H2,1-3H3. The summed E-state index contributed by atoms with van der Waals surface area (Å²) in [5.41, 5.74) is 1.14. The number of rotatable bonds is 5. The molecule has 0 saturated heterocycles. The summed E-state index contributed by atoms with van der Waals surface area (Å²) < 4.78 is 5.40. The molecule has 2 unspecified atom stereocenters. The lowest BCUT2D eigenvalue weighted by Gasteiger charge is -2.17. The van der Waals surface area contributed by atoms with Crippen molar-refractivity contribution < 1.29 is 9.53 Å². The number of nitrogens with zero attached hydrogens (tertiary/aromatic N) is 1. The molecule has 0 spiro atoms. The summed E-state index contributed by atoms with van der Waals surface area (Å²) in [7, 11) is 1.88. The first-order valence-corrected chi connectivity index (χ1v) is 6.58. The quantitative estimate of drug-likeness (QED) is 0.800. The summed E-state index contributed by atoms with van der Waals surface area (Å²) in [4.78, 5) is 13.8. The van der Waals surface area contributed by atoms with Crippen molar-refractivity contribution in [2.24, 2.45) is 11.8 Å². The lowest BCUT2D eigenvalue weighted by molar-refractivity contribution is -0.132. The Morgan fingerprint density at radius 1 is 1.39 bits per heavy atom. The molecule has 1 aromatic rings. The van der Waals surface area contributed by atoms with E-state index < -0.39 is 0 Å². The van der Waals surface area contributed by atoms with E-state index in [0.29, 0.717) is 19.1 Å². The van der Waals surface area contributed by atoms with Gasteiger partial charge in [0.1, 0.15) is 5.75 Å². The van der Waals surface area contributed by atoms with E-state index in [1.54, 1.807) is 0 Å². The number of amides is 1. The number of carbonyl (C=O) groups is 1. The van der Waals surface area contributed by atoms with Crippen LogP contribution in [0, 0.1) is 11.8 Å². The number of hydrogen-bond donors (Lipinski definition) is 0. The molecular formula is C15H21NO2. The number of ether oxygens (including phenoxy) is 1. The largest absolute Gasteiger partial charge is 0.494 e. The van der Waals surface area contributed by atoms with Crippen LogP contribution in [0.3, 0.4) is 0 Å². The van der Waals surface area contributed by atoms with Crippen molar-refractivity contribution in [1.82, 2.24) is 4.90 Å². The topological polar surface area (TPSA) is 29.5 Å². The van der Waals surface area contributed by atoms with Crippen LogP contribution in [0.1, 0.15) is 25.8 Å². The maximum Gasteiger partial charge on any atom is 0.226 e. The van der Waals surface area contributed by atoms with Crippen LogP contribution < -0.4 is 4.74 Å². The number of hydrogen-bond acceptors (Lipinski definition) is 2. The zero-order chi connectivity index (χ0) is 13.1. The fourth-order valence-corrected chi connectivity index (χ4v) is 2.16. The van der Waals surface area contributed by atoms with Gasteiger partial charge in [-0.1, -0.05) is 19.1 Å². The molecule has 1 saturated carbocycles. The average Bonchev–Trinajstić information content (AvgIpc) is 3.08. The van der Waals surface area contributed by atoms with E-state index in [1.807, 2.05) is 43.1 Å². The van der Waals surface area contributed by atoms with E-state index in [4.69, 9.17) is 4.74 Å². The Labute approximate surface area is 109 Å². The van der Waals surface area contributed by atoms with Crippen molar-refractivity contribution in [1.29, 1.82) is 0 Å². The third-order valence-electron chi connectivity index (χ3n) is 3.46. The van der Waals surface area contributed by atoms with Crippen LogP contribution in [0.5, 0.6) is 5.75 Å². The molecular weight excluding hydrogens is 226 g/mol. The van der Waals surface area contributed by atoms with Crippen LogP contribution in [0.2, 0.25) is 0 Å². The third-order valence-corrected chi connectivity index (χ3v) is 3.46.